The summed E-state index contributed by atoms with van der Waals surface area (Å²) >= 11 is 0. The summed E-state index contributed by atoms with van der Waals surface area (Å²) in [6, 6.07) is 1.16. The molecule has 2 aromatic rings. The maximum Gasteiger partial charge on any atom is 0.254 e. The third-order valence-corrected chi connectivity index (χ3v) is 2.98. The van der Waals surface area contributed by atoms with Crippen LogP contribution >= 0.6 is 0 Å². The number of hydrogen-bond acceptors (Lipinski definition) is 2. The molecule has 0 aliphatic carbocycles. The summed E-state index contributed by atoms with van der Waals surface area (Å²) in [7, 11) is 0. The Labute approximate surface area is 113 Å². The van der Waals surface area contributed by atoms with Gasteiger partial charge in [-0.15, -0.1) is 0 Å². The summed E-state index contributed by atoms with van der Waals surface area (Å²) in [5.41, 5.74) is -0.481. The van der Waals surface area contributed by atoms with Crippen LogP contribution in [0.5, 0.6) is 0 Å². The molecule has 0 saturated carbocycles. The molecule has 0 atom stereocenters. The van der Waals surface area contributed by atoms with Crippen molar-refractivity contribution in [2.45, 2.75) is 26.7 Å². The zero-order valence-corrected chi connectivity index (χ0v) is 11.2. The molecule has 3 nitrogen and oxygen atoms in total. The molecule has 0 aliphatic rings. The number of hydrogen-bond donors (Lipinski definition) is 1. The Bertz CT molecular complexity index is 723. The fraction of sp³-hybridized carbons (Fsp3) is 0.286. The number of benzene rings is 1. The molecule has 0 unspecified atom stereocenters. The van der Waals surface area contributed by atoms with Crippen LogP contribution in [0.3, 0.4) is 0 Å². The molecule has 0 aliphatic heterocycles. The molecule has 0 fully saturated rings. The Kier molecular flexibility index (Phi) is 3.65. The van der Waals surface area contributed by atoms with E-state index in [1.165, 1.54) is 6.92 Å². The zero-order chi connectivity index (χ0) is 15.0. The largest absolute Gasteiger partial charge is 0.310 e. The van der Waals surface area contributed by atoms with Crippen LogP contribution in [0, 0.1) is 24.4 Å². The predicted octanol–water partition coefficient (Wildman–Crippen LogP) is 3.29. The number of rotatable bonds is 2. The normalized spacial score (nSPS) is 11.2. The summed E-state index contributed by atoms with van der Waals surface area (Å²) < 4.78 is 40.0. The van der Waals surface area contributed by atoms with Crippen LogP contribution in [0.15, 0.2) is 16.9 Å². The summed E-state index contributed by atoms with van der Waals surface area (Å²) in [4.78, 5) is 18.5. The number of halogens is 3. The van der Waals surface area contributed by atoms with Crippen LogP contribution in [-0.2, 0) is 0 Å². The lowest BCUT2D eigenvalue weighted by Gasteiger charge is -2.11. The lowest BCUT2D eigenvalue weighted by molar-refractivity contribution is 0.496. The highest BCUT2D eigenvalue weighted by molar-refractivity contribution is 5.63. The number of nitrogens with zero attached hydrogens (tertiary/aromatic N) is 1. The van der Waals surface area contributed by atoms with E-state index in [0.717, 1.165) is 0 Å². The quantitative estimate of drug-likeness (QED) is 0.859. The van der Waals surface area contributed by atoms with Crippen molar-refractivity contribution in [1.82, 2.24) is 9.97 Å². The monoisotopic (exact) mass is 282 g/mol. The van der Waals surface area contributed by atoms with E-state index < -0.39 is 23.0 Å². The van der Waals surface area contributed by atoms with E-state index in [1.807, 2.05) is 0 Å². The van der Waals surface area contributed by atoms with Crippen LogP contribution in [0.4, 0.5) is 13.2 Å². The first kappa shape index (κ1) is 14.3. The Hall–Kier alpha value is -2.11. The van der Waals surface area contributed by atoms with E-state index in [2.05, 4.69) is 9.97 Å². The highest BCUT2D eigenvalue weighted by Gasteiger charge is 2.17. The molecule has 106 valence electrons. The zero-order valence-electron chi connectivity index (χ0n) is 11.2. The van der Waals surface area contributed by atoms with E-state index >= 15 is 0 Å². The Morgan fingerprint density at radius 3 is 2.30 bits per heavy atom. The number of nitrogens with one attached hydrogen (secondary N) is 1. The molecule has 0 radical (unpaired) electrons. The van der Waals surface area contributed by atoms with Crippen LogP contribution < -0.4 is 5.56 Å². The average Bonchev–Trinajstić information content (AvgIpc) is 2.37. The maximum atomic E-state index is 13.8. The summed E-state index contributed by atoms with van der Waals surface area (Å²) in [6.07, 6.45) is 0. The van der Waals surface area contributed by atoms with Gasteiger partial charge in [-0.25, -0.2) is 18.2 Å². The van der Waals surface area contributed by atoms with Crippen molar-refractivity contribution in [3.63, 3.8) is 0 Å². The van der Waals surface area contributed by atoms with E-state index in [-0.39, 0.29) is 22.7 Å². The summed E-state index contributed by atoms with van der Waals surface area (Å²) in [6.45, 7) is 5.06. The number of aromatic nitrogens is 2. The van der Waals surface area contributed by atoms with E-state index in [1.54, 1.807) is 13.8 Å². The van der Waals surface area contributed by atoms with Gasteiger partial charge in [-0.3, -0.25) is 4.79 Å². The smallest absolute Gasteiger partial charge is 0.254 e. The Morgan fingerprint density at radius 1 is 1.10 bits per heavy atom. The topological polar surface area (TPSA) is 45.8 Å². The van der Waals surface area contributed by atoms with Crippen molar-refractivity contribution in [2.75, 3.05) is 0 Å². The predicted molar refractivity (Wildman–Crippen MR) is 69.0 cm³/mol. The Morgan fingerprint density at radius 2 is 1.70 bits per heavy atom. The van der Waals surface area contributed by atoms with E-state index in [4.69, 9.17) is 0 Å². The second-order valence-electron chi connectivity index (χ2n) is 4.83. The fourth-order valence-corrected chi connectivity index (χ4v) is 1.79. The molecule has 0 bridgehead atoms. The molecule has 2 rings (SSSR count). The van der Waals surface area contributed by atoms with Gasteiger partial charge < -0.3 is 4.98 Å². The molecular formula is C14H13F3N2O. The highest BCUT2D eigenvalue weighted by Crippen LogP contribution is 2.25. The standard InChI is InChI=1S/C14H13F3N2O/c1-6(2)13-18-12(7(3)14(20)19-13)8-4-10(16)11(17)5-9(8)15/h4-6H,1-3H3,(H,18,19,20). The van der Waals surface area contributed by atoms with Crippen LogP contribution in [0.2, 0.25) is 0 Å². The molecule has 0 amide bonds. The second kappa shape index (κ2) is 5.11. The van der Waals surface area contributed by atoms with Crippen molar-refractivity contribution in [3.05, 3.63) is 51.3 Å². The minimum absolute atomic E-state index is 0.0221. The van der Waals surface area contributed by atoms with Crippen molar-refractivity contribution in [2.24, 2.45) is 0 Å². The first-order valence-electron chi connectivity index (χ1n) is 6.07. The molecule has 1 aromatic carbocycles. The van der Waals surface area contributed by atoms with Gasteiger partial charge in [0.1, 0.15) is 11.6 Å². The van der Waals surface area contributed by atoms with Crippen LogP contribution in [-0.4, -0.2) is 9.97 Å². The van der Waals surface area contributed by atoms with Gasteiger partial charge in [-0.1, -0.05) is 13.8 Å². The molecular weight excluding hydrogens is 269 g/mol. The summed E-state index contributed by atoms with van der Waals surface area (Å²) in [5.74, 6) is -3.15. The average molecular weight is 282 g/mol. The van der Waals surface area contributed by atoms with Crippen molar-refractivity contribution in [1.29, 1.82) is 0 Å². The van der Waals surface area contributed by atoms with Gasteiger partial charge in [-0.2, -0.15) is 0 Å². The molecule has 1 N–H and O–H groups in total. The summed E-state index contributed by atoms with van der Waals surface area (Å²) in [5, 5.41) is 0. The number of aromatic amines is 1. The molecule has 1 heterocycles. The molecule has 6 heteroatoms. The highest BCUT2D eigenvalue weighted by atomic mass is 19.2. The van der Waals surface area contributed by atoms with Gasteiger partial charge in [0.25, 0.3) is 5.56 Å². The second-order valence-corrected chi connectivity index (χ2v) is 4.83. The SMILES string of the molecule is Cc1c(-c2cc(F)c(F)cc2F)nc(C(C)C)[nH]c1=O. The number of H-pyrrole nitrogens is 1. The van der Waals surface area contributed by atoms with Gasteiger partial charge >= 0.3 is 0 Å². The van der Waals surface area contributed by atoms with Gasteiger partial charge in [0.05, 0.1) is 5.69 Å². The van der Waals surface area contributed by atoms with Crippen LogP contribution in [0.25, 0.3) is 11.3 Å². The Balaban J connectivity index is 2.75. The lowest BCUT2D eigenvalue weighted by atomic mass is 10.1. The van der Waals surface area contributed by atoms with Gasteiger partial charge in [0.15, 0.2) is 11.6 Å². The molecule has 20 heavy (non-hydrogen) atoms. The first-order valence-corrected chi connectivity index (χ1v) is 6.07. The van der Waals surface area contributed by atoms with Crippen molar-refractivity contribution < 1.29 is 13.2 Å². The fourth-order valence-electron chi connectivity index (χ4n) is 1.79. The molecule has 0 saturated heterocycles. The minimum atomic E-state index is -1.28. The molecule has 1 aromatic heterocycles. The minimum Gasteiger partial charge on any atom is -0.310 e. The third kappa shape index (κ3) is 2.45. The van der Waals surface area contributed by atoms with E-state index in [0.29, 0.717) is 18.0 Å². The lowest BCUT2D eigenvalue weighted by Crippen LogP contribution is -2.17. The van der Waals surface area contributed by atoms with E-state index in [9.17, 15) is 18.0 Å². The third-order valence-electron chi connectivity index (χ3n) is 2.98. The van der Waals surface area contributed by atoms with Gasteiger partial charge in [-0.05, 0) is 13.0 Å². The molecule has 0 spiro atoms. The van der Waals surface area contributed by atoms with Crippen molar-refractivity contribution in [3.8, 4) is 11.3 Å². The van der Waals surface area contributed by atoms with Gasteiger partial charge in [0, 0.05) is 23.1 Å². The maximum absolute atomic E-state index is 13.8. The van der Waals surface area contributed by atoms with Gasteiger partial charge in [0.2, 0.25) is 0 Å². The van der Waals surface area contributed by atoms with Crippen LogP contribution in [0.1, 0.15) is 31.2 Å². The first-order chi connectivity index (χ1) is 9.31. The van der Waals surface area contributed by atoms with Crippen molar-refractivity contribution >= 4 is 0 Å².